The van der Waals surface area contributed by atoms with Gasteiger partial charge in [0.2, 0.25) is 0 Å². The highest BCUT2D eigenvalue weighted by Gasteiger charge is 2.51. The molecule has 2 aliphatic rings. The number of carbonyl (C=O) groups is 1. The van der Waals surface area contributed by atoms with Crippen molar-refractivity contribution in [2.24, 2.45) is 11.8 Å². The van der Waals surface area contributed by atoms with E-state index in [2.05, 4.69) is 24.1 Å². The Bertz CT molecular complexity index is 309. The summed E-state index contributed by atoms with van der Waals surface area (Å²) in [5.41, 5.74) is -0.698. The van der Waals surface area contributed by atoms with Crippen LogP contribution in [0, 0.1) is 11.8 Å². The van der Waals surface area contributed by atoms with Crippen LogP contribution < -0.4 is 5.32 Å². The molecule has 1 atom stereocenters. The predicted octanol–water partition coefficient (Wildman–Crippen LogP) is 1.95. The Balaban J connectivity index is 2.01. The number of piperidine rings is 1. The fourth-order valence-electron chi connectivity index (χ4n) is 3.14. The molecule has 1 heterocycles. The molecule has 1 aliphatic heterocycles. The van der Waals surface area contributed by atoms with Gasteiger partial charge in [-0.1, -0.05) is 13.8 Å². The van der Waals surface area contributed by atoms with E-state index in [0.29, 0.717) is 12.5 Å². The van der Waals surface area contributed by atoms with Crippen molar-refractivity contribution in [2.45, 2.75) is 51.5 Å². The molecule has 1 saturated heterocycles. The molecule has 1 saturated carbocycles. The number of nitrogens with one attached hydrogen (secondary N) is 1. The summed E-state index contributed by atoms with van der Waals surface area (Å²) in [5, 5.41) is 13.1. The summed E-state index contributed by atoms with van der Waals surface area (Å²) in [6.07, 6.45) is 5.52. The molecule has 2 rings (SSSR count). The number of aliphatic carboxylic acids is 1. The monoisotopic (exact) mass is 268 g/mol. The Morgan fingerprint density at radius 1 is 1.32 bits per heavy atom. The van der Waals surface area contributed by atoms with Gasteiger partial charge in [0.25, 0.3) is 0 Å². The maximum Gasteiger partial charge on any atom is 0.325 e. The van der Waals surface area contributed by atoms with Gasteiger partial charge in [0.05, 0.1) is 0 Å². The van der Waals surface area contributed by atoms with Crippen LogP contribution in [-0.2, 0) is 4.79 Å². The molecule has 0 aromatic heterocycles. The van der Waals surface area contributed by atoms with E-state index in [1.54, 1.807) is 0 Å². The first-order valence-electron chi connectivity index (χ1n) is 7.79. The van der Waals surface area contributed by atoms with Gasteiger partial charge in [-0.05, 0) is 63.6 Å². The van der Waals surface area contributed by atoms with Crippen molar-refractivity contribution in [1.29, 1.82) is 0 Å². The van der Waals surface area contributed by atoms with Crippen LogP contribution in [0.4, 0.5) is 0 Å². The molecular weight excluding hydrogens is 240 g/mol. The summed E-state index contributed by atoms with van der Waals surface area (Å²) in [4.78, 5) is 14.2. The second kappa shape index (κ2) is 6.23. The van der Waals surface area contributed by atoms with Crippen molar-refractivity contribution in [2.75, 3.05) is 26.2 Å². The van der Waals surface area contributed by atoms with Crippen molar-refractivity contribution < 1.29 is 9.90 Å². The minimum absolute atomic E-state index is 0.330. The van der Waals surface area contributed by atoms with Crippen molar-refractivity contribution in [3.8, 4) is 0 Å². The minimum Gasteiger partial charge on any atom is -0.480 e. The molecule has 4 heteroatoms. The number of carboxylic acids is 1. The van der Waals surface area contributed by atoms with E-state index < -0.39 is 11.5 Å². The number of rotatable bonds is 7. The lowest BCUT2D eigenvalue weighted by Gasteiger charge is -2.39. The van der Waals surface area contributed by atoms with Crippen LogP contribution in [0.3, 0.4) is 0 Å². The molecule has 0 bridgehead atoms. The highest BCUT2D eigenvalue weighted by atomic mass is 16.4. The normalized spacial score (nSPS) is 25.2. The van der Waals surface area contributed by atoms with E-state index in [1.165, 1.54) is 12.8 Å². The van der Waals surface area contributed by atoms with Gasteiger partial charge in [-0.3, -0.25) is 4.79 Å². The number of hydrogen-bond donors (Lipinski definition) is 2. The van der Waals surface area contributed by atoms with Gasteiger partial charge in [0.15, 0.2) is 0 Å². The van der Waals surface area contributed by atoms with Crippen LogP contribution in [-0.4, -0.2) is 47.7 Å². The zero-order valence-electron chi connectivity index (χ0n) is 12.3. The van der Waals surface area contributed by atoms with Crippen molar-refractivity contribution in [3.05, 3.63) is 0 Å². The van der Waals surface area contributed by atoms with Crippen molar-refractivity contribution in [3.63, 3.8) is 0 Å². The molecule has 2 fully saturated rings. The molecule has 0 spiro atoms. The van der Waals surface area contributed by atoms with Crippen molar-refractivity contribution in [1.82, 2.24) is 10.2 Å². The van der Waals surface area contributed by atoms with Gasteiger partial charge in [-0.15, -0.1) is 0 Å². The van der Waals surface area contributed by atoms with E-state index in [4.69, 9.17) is 0 Å². The largest absolute Gasteiger partial charge is 0.480 e. The Kier molecular flexibility index (Phi) is 4.85. The number of carboxylic acid groups (broad SMARTS) is 1. The zero-order valence-corrected chi connectivity index (χ0v) is 12.3. The third-order valence-corrected chi connectivity index (χ3v) is 4.70. The molecule has 1 unspecified atom stereocenters. The summed E-state index contributed by atoms with van der Waals surface area (Å²) >= 11 is 0. The van der Waals surface area contributed by atoms with Crippen LogP contribution in [0.5, 0.6) is 0 Å². The fourth-order valence-corrected chi connectivity index (χ4v) is 3.14. The van der Waals surface area contributed by atoms with E-state index >= 15 is 0 Å². The molecule has 0 radical (unpaired) electrons. The van der Waals surface area contributed by atoms with Gasteiger partial charge < -0.3 is 15.3 Å². The number of nitrogens with zero attached hydrogens (tertiary/aromatic N) is 1. The average molecular weight is 268 g/mol. The second-order valence-electron chi connectivity index (χ2n) is 6.44. The summed E-state index contributed by atoms with van der Waals surface area (Å²) in [7, 11) is 0. The Morgan fingerprint density at radius 3 is 2.42 bits per heavy atom. The summed E-state index contributed by atoms with van der Waals surface area (Å²) in [6, 6.07) is 0. The van der Waals surface area contributed by atoms with Crippen LogP contribution in [0.2, 0.25) is 0 Å². The topological polar surface area (TPSA) is 52.6 Å². The zero-order chi connectivity index (χ0) is 13.9. The lowest BCUT2D eigenvalue weighted by molar-refractivity contribution is -0.147. The fraction of sp³-hybridized carbons (Fsp3) is 0.933. The first-order valence-corrected chi connectivity index (χ1v) is 7.79. The van der Waals surface area contributed by atoms with Gasteiger partial charge in [-0.2, -0.15) is 0 Å². The molecule has 0 aromatic carbocycles. The maximum atomic E-state index is 11.9. The van der Waals surface area contributed by atoms with Gasteiger partial charge >= 0.3 is 5.97 Å². The van der Waals surface area contributed by atoms with Crippen LogP contribution in [0.15, 0.2) is 0 Å². The van der Waals surface area contributed by atoms with Crippen LogP contribution in [0.25, 0.3) is 0 Å². The van der Waals surface area contributed by atoms with Gasteiger partial charge in [-0.25, -0.2) is 0 Å². The lowest BCUT2D eigenvalue weighted by Crippen LogP contribution is -2.61. The summed E-state index contributed by atoms with van der Waals surface area (Å²) < 4.78 is 0. The first kappa shape index (κ1) is 14.8. The number of hydrogen-bond acceptors (Lipinski definition) is 3. The third kappa shape index (κ3) is 3.48. The van der Waals surface area contributed by atoms with Crippen molar-refractivity contribution >= 4 is 5.97 Å². The van der Waals surface area contributed by atoms with Crippen LogP contribution >= 0.6 is 0 Å². The Morgan fingerprint density at radius 2 is 1.95 bits per heavy atom. The summed E-state index contributed by atoms with van der Waals surface area (Å²) in [6.45, 7) is 7.97. The predicted molar refractivity (Wildman–Crippen MR) is 76.2 cm³/mol. The third-order valence-electron chi connectivity index (χ3n) is 4.70. The molecule has 1 aliphatic carbocycles. The van der Waals surface area contributed by atoms with E-state index in [0.717, 1.165) is 44.8 Å². The Labute approximate surface area is 116 Å². The van der Waals surface area contributed by atoms with Gasteiger partial charge in [0.1, 0.15) is 5.54 Å². The smallest absolute Gasteiger partial charge is 0.325 e. The Hall–Kier alpha value is -0.610. The number of likely N-dealkylation sites (tertiary alicyclic amines) is 1. The quantitative estimate of drug-likeness (QED) is 0.741. The molecule has 19 heavy (non-hydrogen) atoms. The second-order valence-corrected chi connectivity index (χ2v) is 6.44. The highest BCUT2D eigenvalue weighted by Crippen LogP contribution is 2.41. The van der Waals surface area contributed by atoms with E-state index in [9.17, 15) is 9.90 Å². The standard InChI is InChI=1S/C15H28N2O2/c1-3-8-16-15(14(18)19,13-4-5-13)11-17-9-6-12(2)7-10-17/h12-13,16H,3-11H2,1-2H3,(H,18,19). The molecule has 0 aromatic rings. The summed E-state index contributed by atoms with van der Waals surface area (Å²) in [5.74, 6) is 0.470. The van der Waals surface area contributed by atoms with E-state index in [1.807, 2.05) is 0 Å². The molecule has 110 valence electrons. The highest BCUT2D eigenvalue weighted by molar-refractivity contribution is 5.80. The molecule has 2 N–H and O–H groups in total. The van der Waals surface area contributed by atoms with Gasteiger partial charge in [0, 0.05) is 6.54 Å². The molecule has 4 nitrogen and oxygen atoms in total. The maximum absolute atomic E-state index is 11.9. The first-order chi connectivity index (χ1) is 9.08. The molecular formula is C15H28N2O2. The SMILES string of the molecule is CCCNC(CN1CCC(C)CC1)(C(=O)O)C1CC1. The molecule has 0 amide bonds. The minimum atomic E-state index is -0.698. The lowest BCUT2D eigenvalue weighted by atomic mass is 9.90. The van der Waals surface area contributed by atoms with E-state index in [-0.39, 0.29) is 0 Å². The average Bonchev–Trinajstić information content (AvgIpc) is 3.21. The van der Waals surface area contributed by atoms with Crippen LogP contribution in [0.1, 0.15) is 46.0 Å².